The first-order valence-electron chi connectivity index (χ1n) is 21.1. The van der Waals surface area contributed by atoms with Crippen molar-refractivity contribution in [3.63, 3.8) is 0 Å². The Bertz CT molecular complexity index is 3460. The number of hydrogen-bond donors (Lipinski definition) is 0. The highest BCUT2D eigenvalue weighted by Crippen LogP contribution is 2.37. The number of rotatable bonds is 8. The lowest BCUT2D eigenvalue weighted by Gasteiger charge is -2.34. The average molecular weight is 824 g/mol. The molecule has 0 aliphatic carbocycles. The number of para-hydroxylation sites is 2. The molecular formula is C56H37N5OSi. The van der Waals surface area contributed by atoms with Gasteiger partial charge in [0.2, 0.25) is 0 Å². The van der Waals surface area contributed by atoms with Crippen LogP contribution in [0.1, 0.15) is 0 Å². The Labute approximate surface area is 364 Å². The molecule has 0 aliphatic heterocycles. The Morgan fingerprint density at radius 3 is 1.44 bits per heavy atom. The molecular weight excluding hydrogens is 787 g/mol. The predicted octanol–water partition coefficient (Wildman–Crippen LogP) is 10.6. The van der Waals surface area contributed by atoms with Crippen molar-refractivity contribution in [2.24, 2.45) is 0 Å². The van der Waals surface area contributed by atoms with Crippen molar-refractivity contribution in [2.45, 2.75) is 0 Å². The van der Waals surface area contributed by atoms with Gasteiger partial charge in [-0.2, -0.15) is 0 Å². The second kappa shape index (κ2) is 15.0. The minimum atomic E-state index is -2.73. The van der Waals surface area contributed by atoms with E-state index in [1.54, 1.807) is 6.20 Å². The van der Waals surface area contributed by atoms with Crippen LogP contribution in [0.5, 0.6) is 0 Å². The van der Waals surface area contributed by atoms with Gasteiger partial charge in [-0.1, -0.05) is 164 Å². The summed E-state index contributed by atoms with van der Waals surface area (Å²) in [7, 11) is -2.73. The summed E-state index contributed by atoms with van der Waals surface area (Å²) in [4.78, 5) is 20.2. The number of aromatic nitrogens is 5. The Hall–Kier alpha value is -8.26. The van der Waals surface area contributed by atoms with Crippen LogP contribution in [-0.2, 0) is 0 Å². The van der Waals surface area contributed by atoms with Gasteiger partial charge in [0.1, 0.15) is 11.2 Å². The van der Waals surface area contributed by atoms with E-state index in [-0.39, 0.29) is 0 Å². The Morgan fingerprint density at radius 2 is 0.873 bits per heavy atom. The van der Waals surface area contributed by atoms with Gasteiger partial charge < -0.3 is 8.98 Å². The van der Waals surface area contributed by atoms with E-state index < -0.39 is 8.07 Å². The Morgan fingerprint density at radius 1 is 0.381 bits per heavy atom. The molecule has 0 saturated heterocycles. The first-order valence-corrected chi connectivity index (χ1v) is 23.1. The van der Waals surface area contributed by atoms with Crippen molar-refractivity contribution >= 4 is 72.6 Å². The van der Waals surface area contributed by atoms with Crippen LogP contribution in [0.4, 0.5) is 0 Å². The molecule has 0 spiro atoms. The first kappa shape index (κ1) is 36.6. The first-order chi connectivity index (χ1) is 31.2. The highest BCUT2D eigenvalue weighted by atomic mass is 28.3. The minimum Gasteiger partial charge on any atom is -0.456 e. The van der Waals surface area contributed by atoms with Gasteiger partial charge in [0.25, 0.3) is 0 Å². The molecule has 0 N–H and O–H groups in total. The summed E-state index contributed by atoms with van der Waals surface area (Å²) in [5.41, 5.74) is 7.53. The normalized spacial score (nSPS) is 11.8. The summed E-state index contributed by atoms with van der Waals surface area (Å²) >= 11 is 0. The highest BCUT2D eigenvalue weighted by molar-refractivity contribution is 7.19. The van der Waals surface area contributed by atoms with E-state index in [9.17, 15) is 0 Å². The summed E-state index contributed by atoms with van der Waals surface area (Å²) in [6.45, 7) is 0. The van der Waals surface area contributed by atoms with Crippen LogP contribution in [0.3, 0.4) is 0 Å². The van der Waals surface area contributed by atoms with E-state index >= 15 is 0 Å². The molecule has 6 nitrogen and oxygen atoms in total. The van der Waals surface area contributed by atoms with E-state index in [1.807, 2.05) is 24.4 Å². The molecule has 63 heavy (non-hydrogen) atoms. The standard InChI is InChI=1S/C56H37N5OSi/c1-4-15-41(16-5-1)63(42-17-6-2-7-18-42,43-19-8-3-9-20-43)44-33-29-39(30-34-44)55-58-54(59-56(60-55)47-23-14-26-52-53(47)48-37-57-36-35-51(48)62-52)38-27-31-40(32-28-38)61-49-24-12-10-21-45(49)46-22-11-13-25-50(46)61/h1-37H. The lowest BCUT2D eigenvalue weighted by atomic mass is 10.1. The van der Waals surface area contributed by atoms with Crippen LogP contribution < -0.4 is 20.7 Å². The molecule has 0 bridgehead atoms. The molecule has 0 saturated carbocycles. The molecule has 12 rings (SSSR count). The van der Waals surface area contributed by atoms with Gasteiger partial charge in [-0.3, -0.25) is 4.98 Å². The molecule has 12 aromatic rings. The van der Waals surface area contributed by atoms with Gasteiger partial charge >= 0.3 is 0 Å². The second-order valence-electron chi connectivity index (χ2n) is 15.8. The predicted molar refractivity (Wildman–Crippen MR) is 259 cm³/mol. The SMILES string of the molecule is c1ccc([Si](c2ccccc2)(c2ccccc2)c2ccc(-c3nc(-c4ccc(-n5c6ccccc6c6ccccc65)cc4)nc(-c4cccc5oc6ccncc6c45)n3)cc2)cc1. The third kappa shape index (κ3) is 6.01. The molecule has 0 unspecified atom stereocenters. The van der Waals surface area contributed by atoms with Gasteiger partial charge in [-0.25, -0.2) is 15.0 Å². The highest BCUT2D eigenvalue weighted by Gasteiger charge is 2.41. The van der Waals surface area contributed by atoms with E-state index in [2.05, 4.69) is 204 Å². The van der Waals surface area contributed by atoms with E-state index in [0.29, 0.717) is 17.5 Å². The minimum absolute atomic E-state index is 0.560. The van der Waals surface area contributed by atoms with Crippen molar-refractivity contribution in [3.8, 4) is 39.9 Å². The zero-order valence-corrected chi connectivity index (χ0v) is 35.0. The fourth-order valence-electron chi connectivity index (χ4n) is 9.51. The number of benzene rings is 8. The molecule has 8 aromatic carbocycles. The lowest BCUT2D eigenvalue weighted by Crippen LogP contribution is -2.74. The maximum absolute atomic E-state index is 6.30. The zero-order chi connectivity index (χ0) is 41.7. The smallest absolute Gasteiger partial charge is 0.179 e. The maximum atomic E-state index is 6.30. The molecule has 0 radical (unpaired) electrons. The average Bonchev–Trinajstić information content (AvgIpc) is 3.92. The van der Waals surface area contributed by atoms with E-state index in [4.69, 9.17) is 19.4 Å². The van der Waals surface area contributed by atoms with Gasteiger partial charge in [-0.15, -0.1) is 0 Å². The fraction of sp³-hybridized carbons (Fsp3) is 0. The van der Waals surface area contributed by atoms with Crippen LogP contribution in [-0.4, -0.2) is 32.6 Å². The summed E-state index contributed by atoms with van der Waals surface area (Å²) in [6, 6.07) is 75.4. The molecule has 4 heterocycles. The number of hydrogen-bond acceptors (Lipinski definition) is 5. The van der Waals surface area contributed by atoms with Crippen molar-refractivity contribution in [1.29, 1.82) is 0 Å². The van der Waals surface area contributed by atoms with Crippen molar-refractivity contribution in [2.75, 3.05) is 0 Å². The molecule has 0 aliphatic rings. The summed E-state index contributed by atoms with van der Waals surface area (Å²) in [5, 5.41) is 9.51. The summed E-state index contributed by atoms with van der Waals surface area (Å²) < 4.78 is 8.62. The number of furan rings is 1. The third-order valence-corrected chi connectivity index (χ3v) is 17.1. The third-order valence-electron chi connectivity index (χ3n) is 12.3. The summed E-state index contributed by atoms with van der Waals surface area (Å²) in [5.74, 6) is 1.73. The molecule has 0 fully saturated rings. The number of pyridine rings is 1. The topological polar surface area (TPSA) is 69.6 Å². The van der Waals surface area contributed by atoms with E-state index in [1.165, 1.54) is 31.5 Å². The van der Waals surface area contributed by atoms with Gasteiger partial charge in [0, 0.05) is 56.3 Å². The van der Waals surface area contributed by atoms with E-state index in [0.717, 1.165) is 55.3 Å². The van der Waals surface area contributed by atoms with Crippen LogP contribution in [0, 0.1) is 0 Å². The molecule has 296 valence electrons. The van der Waals surface area contributed by atoms with Gasteiger partial charge in [0.05, 0.1) is 11.0 Å². The number of fused-ring (bicyclic) bond motifs is 6. The van der Waals surface area contributed by atoms with Crippen molar-refractivity contribution in [1.82, 2.24) is 24.5 Å². The van der Waals surface area contributed by atoms with Gasteiger partial charge in [-0.05, 0) is 69.3 Å². The largest absolute Gasteiger partial charge is 0.456 e. The van der Waals surface area contributed by atoms with Crippen LogP contribution in [0.2, 0.25) is 0 Å². The molecule has 0 atom stereocenters. The quantitative estimate of drug-likeness (QED) is 0.113. The molecule has 4 aromatic heterocycles. The van der Waals surface area contributed by atoms with Crippen LogP contribution >= 0.6 is 0 Å². The Balaban J connectivity index is 1.03. The van der Waals surface area contributed by atoms with Crippen molar-refractivity contribution in [3.05, 3.63) is 225 Å². The zero-order valence-electron chi connectivity index (χ0n) is 34.0. The molecule has 7 heteroatoms. The van der Waals surface area contributed by atoms with Crippen LogP contribution in [0.15, 0.2) is 229 Å². The monoisotopic (exact) mass is 823 g/mol. The van der Waals surface area contributed by atoms with Crippen molar-refractivity contribution < 1.29 is 4.42 Å². The molecule has 0 amide bonds. The maximum Gasteiger partial charge on any atom is 0.179 e. The number of nitrogens with zero attached hydrogens (tertiary/aromatic N) is 5. The fourth-order valence-corrected chi connectivity index (χ4v) is 14.2. The second-order valence-corrected chi connectivity index (χ2v) is 19.6. The lowest BCUT2D eigenvalue weighted by molar-refractivity contribution is 0.668. The van der Waals surface area contributed by atoms with Crippen LogP contribution in [0.25, 0.3) is 83.6 Å². The summed E-state index contributed by atoms with van der Waals surface area (Å²) in [6.07, 6.45) is 3.60. The Kier molecular flexibility index (Phi) is 8.72. The van der Waals surface area contributed by atoms with Gasteiger partial charge in [0.15, 0.2) is 25.5 Å².